The zero-order chi connectivity index (χ0) is 22.0. The number of pyridine rings is 2. The van der Waals surface area contributed by atoms with Crippen molar-refractivity contribution >= 4 is 11.6 Å². The van der Waals surface area contributed by atoms with Gasteiger partial charge < -0.3 is 19.9 Å². The molecule has 0 saturated carbocycles. The van der Waals surface area contributed by atoms with Gasteiger partial charge in [-0.05, 0) is 30.3 Å². The maximum atomic E-state index is 14.3. The van der Waals surface area contributed by atoms with Gasteiger partial charge in [-0.1, -0.05) is 6.07 Å². The first-order chi connectivity index (χ1) is 15.0. The molecule has 160 valence electrons. The highest BCUT2D eigenvalue weighted by Crippen LogP contribution is 2.32. The third kappa shape index (κ3) is 4.26. The lowest BCUT2D eigenvalue weighted by Gasteiger charge is -2.15. The zero-order valence-corrected chi connectivity index (χ0v) is 15.9. The van der Waals surface area contributed by atoms with E-state index in [9.17, 15) is 23.1 Å². The summed E-state index contributed by atoms with van der Waals surface area (Å²) in [5.74, 6) is -3.76. The Kier molecular flexibility index (Phi) is 5.94. The van der Waals surface area contributed by atoms with Crippen molar-refractivity contribution in [2.75, 3.05) is 18.5 Å². The third-order valence-electron chi connectivity index (χ3n) is 4.59. The van der Waals surface area contributed by atoms with E-state index in [1.165, 1.54) is 12.4 Å². The summed E-state index contributed by atoms with van der Waals surface area (Å²) < 4.78 is 53.4. The van der Waals surface area contributed by atoms with Gasteiger partial charge >= 0.3 is 0 Å². The molecule has 0 unspecified atom stereocenters. The van der Waals surface area contributed by atoms with Gasteiger partial charge in [0.2, 0.25) is 0 Å². The molecule has 1 fully saturated rings. The molecule has 2 aromatic heterocycles. The van der Waals surface area contributed by atoms with E-state index < -0.39 is 47.0 Å². The molecule has 31 heavy (non-hydrogen) atoms. The van der Waals surface area contributed by atoms with Crippen molar-refractivity contribution in [3.05, 3.63) is 77.5 Å². The van der Waals surface area contributed by atoms with Crippen LogP contribution >= 0.6 is 0 Å². The van der Waals surface area contributed by atoms with Crippen molar-refractivity contribution in [3.8, 4) is 11.3 Å². The fraction of sp³-hybridized carbons (Fsp3) is 0.190. The third-order valence-corrected chi connectivity index (χ3v) is 4.59. The number of anilines is 1. The molecule has 4 rings (SSSR count). The number of benzene rings is 1. The molecular weight excluding hydrogens is 415 g/mol. The van der Waals surface area contributed by atoms with E-state index in [1.807, 2.05) is 0 Å². The Bertz CT molecular complexity index is 1110. The largest absolute Gasteiger partial charge is 0.394 e. The first kappa shape index (κ1) is 20.9. The van der Waals surface area contributed by atoms with Crippen molar-refractivity contribution < 1.29 is 32.5 Å². The summed E-state index contributed by atoms with van der Waals surface area (Å²) in [5.41, 5.74) is -0.875. The number of nitrogens with one attached hydrogen (secondary N) is 1. The topological polar surface area (TPSA) is 93.6 Å². The van der Waals surface area contributed by atoms with Gasteiger partial charge in [0.1, 0.15) is 34.9 Å². The van der Waals surface area contributed by atoms with Gasteiger partial charge in [-0.15, -0.1) is 0 Å². The molecule has 2 atom stereocenters. The molecule has 1 saturated heterocycles. The molecule has 0 aliphatic carbocycles. The Balaban J connectivity index is 1.62. The van der Waals surface area contributed by atoms with Crippen molar-refractivity contribution in [3.63, 3.8) is 0 Å². The predicted molar refractivity (Wildman–Crippen MR) is 102 cm³/mol. The normalized spacial score (nSPS) is 18.2. The minimum absolute atomic E-state index is 0.175. The molecule has 0 radical (unpaired) electrons. The minimum atomic E-state index is -1.01. The lowest BCUT2D eigenvalue weighted by atomic mass is 10.1. The minimum Gasteiger partial charge on any atom is -0.394 e. The van der Waals surface area contributed by atoms with E-state index >= 15 is 0 Å². The van der Waals surface area contributed by atoms with Crippen LogP contribution in [0.15, 0.2) is 48.8 Å². The number of aliphatic hydroxyl groups is 1. The second-order valence-electron chi connectivity index (χ2n) is 6.65. The Morgan fingerprint density at radius 1 is 1.13 bits per heavy atom. The quantitative estimate of drug-likeness (QED) is 0.645. The van der Waals surface area contributed by atoms with Crippen LogP contribution in [0.4, 0.5) is 18.9 Å². The Morgan fingerprint density at radius 3 is 2.61 bits per heavy atom. The van der Waals surface area contributed by atoms with Crippen LogP contribution in [0, 0.1) is 17.5 Å². The van der Waals surface area contributed by atoms with E-state index in [2.05, 4.69) is 15.3 Å². The van der Waals surface area contributed by atoms with E-state index in [0.717, 1.165) is 30.3 Å². The maximum Gasteiger partial charge on any atom is 0.274 e. The fourth-order valence-corrected chi connectivity index (χ4v) is 3.08. The number of aromatic nitrogens is 2. The Hall–Kier alpha value is -3.34. The lowest BCUT2D eigenvalue weighted by molar-refractivity contribution is -0.0671. The first-order valence-electron chi connectivity index (χ1n) is 9.22. The number of nitrogens with zero attached hydrogens (tertiary/aromatic N) is 2. The van der Waals surface area contributed by atoms with E-state index in [4.69, 9.17) is 9.47 Å². The number of carbonyl (C=O) groups is 1. The van der Waals surface area contributed by atoms with Crippen LogP contribution in [0.25, 0.3) is 11.3 Å². The maximum absolute atomic E-state index is 14.3. The van der Waals surface area contributed by atoms with Crippen LogP contribution in [0.2, 0.25) is 0 Å². The number of aliphatic hydroxyl groups excluding tert-OH is 1. The number of hydrogen-bond donors (Lipinski definition) is 2. The van der Waals surface area contributed by atoms with Crippen molar-refractivity contribution in [2.24, 2.45) is 0 Å². The van der Waals surface area contributed by atoms with Crippen molar-refractivity contribution in [1.82, 2.24) is 9.97 Å². The van der Waals surface area contributed by atoms with Crippen LogP contribution in [0.1, 0.15) is 22.3 Å². The number of ether oxygens (including phenoxy) is 2. The predicted octanol–water partition coefficient (Wildman–Crippen LogP) is 3.22. The average molecular weight is 431 g/mol. The summed E-state index contributed by atoms with van der Waals surface area (Å²) in [6.45, 7) is -0.0495. The second kappa shape index (κ2) is 8.80. The highest BCUT2D eigenvalue weighted by molar-refractivity contribution is 6.03. The molecule has 0 spiro atoms. The van der Waals surface area contributed by atoms with Crippen LogP contribution in [-0.2, 0) is 9.47 Å². The number of carbonyl (C=O) groups excluding carboxylic acids is 1. The SMILES string of the molecule is O=C(Nc1cnccc1[C@H]1OC[C@H](CO)O1)c1ccc(F)c(-c2c(F)cccc2F)n1. The lowest BCUT2D eigenvalue weighted by Crippen LogP contribution is -2.17. The highest BCUT2D eigenvalue weighted by atomic mass is 19.1. The van der Waals surface area contributed by atoms with Gasteiger partial charge in [-0.3, -0.25) is 9.78 Å². The van der Waals surface area contributed by atoms with E-state index in [-0.39, 0.29) is 24.6 Å². The Labute approximate surface area is 174 Å². The number of rotatable bonds is 5. The molecule has 0 bridgehead atoms. The van der Waals surface area contributed by atoms with Crippen LogP contribution in [-0.4, -0.2) is 40.3 Å². The standard InChI is InChI=1S/C21H16F3N3O4/c22-13-2-1-3-14(23)18(13)19-15(24)4-5-16(26-19)20(29)27-17-8-25-7-6-12(17)21-30-10-11(9-28)31-21/h1-8,11,21,28H,9-10H2,(H,27,29)/t11-,21-/m0/s1. The summed E-state index contributed by atoms with van der Waals surface area (Å²) in [6, 6.07) is 6.64. The van der Waals surface area contributed by atoms with Gasteiger partial charge in [0.25, 0.3) is 5.91 Å². The molecule has 1 aromatic carbocycles. The summed E-state index contributed by atoms with van der Waals surface area (Å²) in [5, 5.41) is 11.8. The Morgan fingerprint density at radius 2 is 1.90 bits per heavy atom. The number of hydrogen-bond acceptors (Lipinski definition) is 6. The molecule has 3 aromatic rings. The van der Waals surface area contributed by atoms with E-state index in [0.29, 0.717) is 5.56 Å². The van der Waals surface area contributed by atoms with Gasteiger partial charge in [0, 0.05) is 11.8 Å². The smallest absolute Gasteiger partial charge is 0.274 e. The van der Waals surface area contributed by atoms with Gasteiger partial charge in [-0.25, -0.2) is 18.2 Å². The summed E-state index contributed by atoms with van der Waals surface area (Å²) >= 11 is 0. The molecular formula is C21H16F3N3O4. The average Bonchev–Trinajstić information content (AvgIpc) is 3.24. The van der Waals surface area contributed by atoms with Gasteiger partial charge in [-0.2, -0.15) is 0 Å². The van der Waals surface area contributed by atoms with Crippen molar-refractivity contribution in [1.29, 1.82) is 0 Å². The molecule has 2 N–H and O–H groups in total. The molecule has 1 aliphatic rings. The van der Waals surface area contributed by atoms with Crippen LogP contribution in [0.3, 0.4) is 0 Å². The fourth-order valence-electron chi connectivity index (χ4n) is 3.08. The molecule has 1 aliphatic heterocycles. The molecule has 3 heterocycles. The summed E-state index contributed by atoms with van der Waals surface area (Å²) in [4.78, 5) is 20.5. The summed E-state index contributed by atoms with van der Waals surface area (Å²) in [7, 11) is 0. The number of amides is 1. The van der Waals surface area contributed by atoms with Crippen LogP contribution < -0.4 is 5.32 Å². The first-order valence-corrected chi connectivity index (χ1v) is 9.22. The monoisotopic (exact) mass is 431 g/mol. The molecule has 1 amide bonds. The van der Waals surface area contributed by atoms with Gasteiger partial charge in [0.05, 0.1) is 30.7 Å². The second-order valence-corrected chi connectivity index (χ2v) is 6.65. The summed E-state index contributed by atoms with van der Waals surface area (Å²) in [6.07, 6.45) is 1.49. The highest BCUT2D eigenvalue weighted by Gasteiger charge is 2.29. The molecule has 7 nitrogen and oxygen atoms in total. The van der Waals surface area contributed by atoms with Crippen molar-refractivity contribution in [2.45, 2.75) is 12.4 Å². The van der Waals surface area contributed by atoms with E-state index in [1.54, 1.807) is 6.07 Å². The van der Waals surface area contributed by atoms with Crippen LogP contribution in [0.5, 0.6) is 0 Å². The molecule has 10 heteroatoms. The van der Waals surface area contributed by atoms with Gasteiger partial charge in [0.15, 0.2) is 6.29 Å². The zero-order valence-electron chi connectivity index (χ0n) is 15.9. The number of halogens is 3.